The van der Waals surface area contributed by atoms with E-state index in [0.29, 0.717) is 0 Å². The third kappa shape index (κ3) is 3.39. The molecule has 0 saturated carbocycles. The van der Waals surface area contributed by atoms with Crippen LogP contribution in [0.1, 0.15) is 33.7 Å². The Kier molecular flexibility index (Phi) is 4.93. The Morgan fingerprint density at radius 2 is 2.04 bits per heavy atom. The first kappa shape index (κ1) is 17.2. The highest BCUT2D eigenvalue weighted by Gasteiger charge is 2.45. The van der Waals surface area contributed by atoms with E-state index in [1.54, 1.807) is 18.4 Å². The minimum absolute atomic E-state index is 0.103. The second kappa shape index (κ2) is 7.17. The largest absolute Gasteiger partial charge is 0.391 e. The lowest BCUT2D eigenvalue weighted by Crippen LogP contribution is -2.48. The van der Waals surface area contributed by atoms with Crippen LogP contribution in [0.15, 0.2) is 36.4 Å². The molecule has 0 bridgehead atoms. The van der Waals surface area contributed by atoms with Gasteiger partial charge in [-0.25, -0.2) is 0 Å². The predicted molar refractivity (Wildman–Crippen MR) is 98.5 cm³/mol. The van der Waals surface area contributed by atoms with Crippen molar-refractivity contribution in [1.29, 1.82) is 0 Å². The lowest BCUT2D eigenvalue weighted by molar-refractivity contribution is -0.226. The summed E-state index contributed by atoms with van der Waals surface area (Å²) in [7, 11) is 1.72. The highest BCUT2D eigenvalue weighted by Crippen LogP contribution is 2.46. The van der Waals surface area contributed by atoms with Crippen molar-refractivity contribution in [3.63, 3.8) is 0 Å². The molecule has 1 aromatic carbocycles. The van der Waals surface area contributed by atoms with E-state index >= 15 is 0 Å². The maximum absolute atomic E-state index is 9.53. The molecule has 3 heterocycles. The van der Waals surface area contributed by atoms with Crippen LogP contribution in [-0.4, -0.2) is 36.5 Å². The van der Waals surface area contributed by atoms with Crippen LogP contribution in [0.5, 0.6) is 0 Å². The number of aliphatic hydroxyl groups is 1. The highest BCUT2D eigenvalue weighted by atomic mass is 32.1. The number of rotatable bonds is 4. The van der Waals surface area contributed by atoms with Crippen molar-refractivity contribution in [3.05, 3.63) is 57.3 Å². The third-order valence-corrected chi connectivity index (χ3v) is 6.53. The minimum atomic E-state index is -0.259. The molecule has 1 fully saturated rings. The lowest BCUT2D eigenvalue weighted by Gasteiger charge is -2.46. The van der Waals surface area contributed by atoms with Crippen molar-refractivity contribution in [2.45, 2.75) is 44.3 Å². The predicted octanol–water partition coefficient (Wildman–Crippen LogP) is 3.28. The molecule has 1 spiro atoms. The fourth-order valence-electron chi connectivity index (χ4n) is 4.04. The molecule has 0 radical (unpaired) electrons. The zero-order chi connectivity index (χ0) is 17.3. The van der Waals surface area contributed by atoms with E-state index in [0.717, 1.165) is 43.8 Å². The average Bonchev–Trinajstić information content (AvgIpc) is 3.09. The van der Waals surface area contributed by atoms with Gasteiger partial charge in [0.1, 0.15) is 0 Å². The van der Waals surface area contributed by atoms with Crippen LogP contribution in [0.4, 0.5) is 0 Å². The van der Waals surface area contributed by atoms with Crippen molar-refractivity contribution in [1.82, 2.24) is 4.90 Å². The minimum Gasteiger partial charge on any atom is -0.391 e. The fraction of sp³-hybridized carbons (Fsp3) is 0.500. The van der Waals surface area contributed by atoms with Gasteiger partial charge in [-0.15, -0.1) is 11.3 Å². The van der Waals surface area contributed by atoms with Crippen LogP contribution >= 0.6 is 11.3 Å². The molecule has 1 saturated heterocycles. The standard InChI is InChI=1S/C20H25NO3S/c1-23-19-12-18-17(11-16(14-22)25-18)20(24-19)7-9-21(10-8-20)13-15-5-3-2-4-6-15/h2-6,11,19,22H,7-10,12-14H2,1H3/t19-/m1/s1. The van der Waals surface area contributed by atoms with Gasteiger partial charge in [0.05, 0.1) is 12.2 Å². The Balaban J connectivity index is 1.52. The van der Waals surface area contributed by atoms with Gasteiger partial charge in [0.2, 0.25) is 0 Å². The molecule has 0 amide bonds. The number of aliphatic hydroxyl groups excluding tert-OH is 1. The molecule has 134 valence electrons. The Bertz CT molecular complexity index is 707. The zero-order valence-electron chi connectivity index (χ0n) is 14.6. The van der Waals surface area contributed by atoms with E-state index in [1.807, 2.05) is 0 Å². The van der Waals surface area contributed by atoms with Gasteiger partial charge in [-0.2, -0.15) is 0 Å². The van der Waals surface area contributed by atoms with Crippen molar-refractivity contribution < 1.29 is 14.6 Å². The SMILES string of the molecule is CO[C@H]1Cc2sc(CO)cc2C2(CCN(Cc3ccccc3)CC2)O1. The second-order valence-corrected chi connectivity index (χ2v) is 8.17. The van der Waals surface area contributed by atoms with E-state index in [-0.39, 0.29) is 18.5 Å². The number of likely N-dealkylation sites (tertiary alicyclic amines) is 1. The van der Waals surface area contributed by atoms with Crippen LogP contribution in [0.2, 0.25) is 0 Å². The number of hydrogen-bond acceptors (Lipinski definition) is 5. The normalized spacial score (nSPS) is 22.9. The molecule has 25 heavy (non-hydrogen) atoms. The number of piperidine rings is 1. The smallest absolute Gasteiger partial charge is 0.163 e. The van der Waals surface area contributed by atoms with Crippen molar-refractivity contribution >= 4 is 11.3 Å². The highest BCUT2D eigenvalue weighted by molar-refractivity contribution is 7.12. The van der Waals surface area contributed by atoms with Gasteiger partial charge in [0.25, 0.3) is 0 Å². The molecule has 2 aliphatic rings. The molecule has 5 heteroatoms. The van der Waals surface area contributed by atoms with Gasteiger partial charge in [0, 0.05) is 42.9 Å². The summed E-state index contributed by atoms with van der Waals surface area (Å²) in [5, 5.41) is 9.53. The van der Waals surface area contributed by atoms with Gasteiger partial charge >= 0.3 is 0 Å². The number of fused-ring (bicyclic) bond motifs is 2. The van der Waals surface area contributed by atoms with Crippen LogP contribution < -0.4 is 0 Å². The summed E-state index contributed by atoms with van der Waals surface area (Å²) in [5.74, 6) is 0. The Labute approximate surface area is 153 Å². The van der Waals surface area contributed by atoms with Crippen LogP contribution in [0, 0.1) is 0 Å². The summed E-state index contributed by atoms with van der Waals surface area (Å²) in [5.41, 5.74) is 2.39. The number of thiophene rings is 1. The summed E-state index contributed by atoms with van der Waals surface area (Å²) in [6.07, 6.45) is 2.53. The second-order valence-electron chi connectivity index (χ2n) is 6.95. The number of benzene rings is 1. The molecule has 2 aliphatic heterocycles. The number of ether oxygens (including phenoxy) is 2. The Hall–Kier alpha value is -1.24. The zero-order valence-corrected chi connectivity index (χ0v) is 15.4. The van der Waals surface area contributed by atoms with E-state index in [9.17, 15) is 5.11 Å². The van der Waals surface area contributed by atoms with Gasteiger partial charge in [-0.1, -0.05) is 30.3 Å². The van der Waals surface area contributed by atoms with Crippen molar-refractivity contribution in [2.75, 3.05) is 20.2 Å². The summed E-state index contributed by atoms with van der Waals surface area (Å²) < 4.78 is 12.0. The van der Waals surface area contributed by atoms with E-state index in [4.69, 9.17) is 9.47 Å². The van der Waals surface area contributed by atoms with Gasteiger partial charge in [-0.05, 0) is 30.0 Å². The summed E-state index contributed by atoms with van der Waals surface area (Å²) in [6.45, 7) is 3.11. The number of nitrogens with zero attached hydrogens (tertiary/aromatic N) is 1. The monoisotopic (exact) mass is 359 g/mol. The van der Waals surface area contributed by atoms with Crippen molar-refractivity contribution in [3.8, 4) is 0 Å². The summed E-state index contributed by atoms with van der Waals surface area (Å²) >= 11 is 1.70. The summed E-state index contributed by atoms with van der Waals surface area (Å²) in [6, 6.07) is 12.8. The first-order chi connectivity index (χ1) is 12.2. The molecule has 0 aliphatic carbocycles. The van der Waals surface area contributed by atoms with Gasteiger partial charge in [0.15, 0.2) is 6.29 Å². The Morgan fingerprint density at radius 3 is 2.72 bits per heavy atom. The first-order valence-electron chi connectivity index (χ1n) is 8.92. The quantitative estimate of drug-likeness (QED) is 0.910. The molecule has 4 nitrogen and oxygen atoms in total. The lowest BCUT2D eigenvalue weighted by atomic mass is 9.82. The van der Waals surface area contributed by atoms with E-state index < -0.39 is 0 Å². The van der Waals surface area contributed by atoms with E-state index in [1.165, 1.54) is 16.0 Å². The summed E-state index contributed by atoms with van der Waals surface area (Å²) in [4.78, 5) is 4.84. The molecule has 4 rings (SSSR count). The van der Waals surface area contributed by atoms with Crippen LogP contribution in [-0.2, 0) is 34.6 Å². The third-order valence-electron chi connectivity index (χ3n) is 5.39. The molecule has 1 aromatic heterocycles. The molecule has 1 N–H and O–H groups in total. The molecular formula is C20H25NO3S. The van der Waals surface area contributed by atoms with Crippen molar-refractivity contribution in [2.24, 2.45) is 0 Å². The Morgan fingerprint density at radius 1 is 1.28 bits per heavy atom. The number of methoxy groups -OCH3 is 1. The molecular weight excluding hydrogens is 334 g/mol. The van der Waals surface area contributed by atoms with Crippen LogP contribution in [0.3, 0.4) is 0 Å². The van der Waals surface area contributed by atoms with E-state index in [2.05, 4.69) is 41.3 Å². The maximum Gasteiger partial charge on any atom is 0.163 e. The maximum atomic E-state index is 9.53. The van der Waals surface area contributed by atoms with Crippen LogP contribution in [0.25, 0.3) is 0 Å². The first-order valence-corrected chi connectivity index (χ1v) is 9.74. The average molecular weight is 359 g/mol. The number of hydrogen-bond donors (Lipinski definition) is 1. The fourth-order valence-corrected chi connectivity index (χ4v) is 5.17. The topological polar surface area (TPSA) is 41.9 Å². The molecule has 0 unspecified atom stereocenters. The van der Waals surface area contributed by atoms with Gasteiger partial charge in [-0.3, -0.25) is 4.90 Å². The molecule has 1 atom stereocenters. The van der Waals surface area contributed by atoms with Gasteiger partial charge < -0.3 is 14.6 Å². The molecule has 2 aromatic rings.